The number of nitrogens with zero attached hydrogens (tertiary/aromatic N) is 5. The Morgan fingerprint density at radius 3 is 3.14 bits per heavy atom. The third kappa shape index (κ3) is 1.89. The SMILES string of the molecule is CC[C@@H]1CC(CC#N)C[C@@H]1c1nnc2cnc3[nH]ccc3n12. The quantitative estimate of drug-likeness (QED) is 0.804. The van der Waals surface area contributed by atoms with Gasteiger partial charge in [-0.1, -0.05) is 13.3 Å². The third-order valence-electron chi connectivity index (χ3n) is 5.00. The first-order valence-electron chi connectivity index (χ1n) is 7.85. The van der Waals surface area contributed by atoms with Gasteiger partial charge < -0.3 is 4.98 Å². The first-order valence-corrected chi connectivity index (χ1v) is 7.85. The highest BCUT2D eigenvalue weighted by molar-refractivity contribution is 5.74. The van der Waals surface area contributed by atoms with Gasteiger partial charge in [-0.2, -0.15) is 5.26 Å². The monoisotopic (exact) mass is 294 g/mol. The summed E-state index contributed by atoms with van der Waals surface area (Å²) in [5.41, 5.74) is 2.67. The molecule has 1 N–H and O–H groups in total. The number of fused-ring (bicyclic) bond motifs is 3. The van der Waals surface area contributed by atoms with Gasteiger partial charge in [0.2, 0.25) is 0 Å². The molecule has 1 aliphatic rings. The summed E-state index contributed by atoms with van der Waals surface area (Å²) in [6, 6.07) is 4.34. The van der Waals surface area contributed by atoms with E-state index in [1.807, 2.05) is 12.3 Å². The molecule has 3 aromatic heterocycles. The van der Waals surface area contributed by atoms with E-state index in [4.69, 9.17) is 5.26 Å². The largest absolute Gasteiger partial charge is 0.345 e. The van der Waals surface area contributed by atoms with Crippen LogP contribution in [-0.4, -0.2) is 24.6 Å². The summed E-state index contributed by atoms with van der Waals surface area (Å²) in [6.45, 7) is 2.23. The minimum atomic E-state index is 0.374. The number of hydrogen-bond acceptors (Lipinski definition) is 4. The van der Waals surface area contributed by atoms with Crippen LogP contribution >= 0.6 is 0 Å². The van der Waals surface area contributed by atoms with Crippen molar-refractivity contribution in [3.8, 4) is 6.07 Å². The van der Waals surface area contributed by atoms with Crippen LogP contribution in [-0.2, 0) is 0 Å². The van der Waals surface area contributed by atoms with Gasteiger partial charge in [-0.3, -0.25) is 4.40 Å². The van der Waals surface area contributed by atoms with Crippen molar-refractivity contribution in [1.29, 1.82) is 5.26 Å². The topological polar surface area (TPSA) is 82.7 Å². The Bertz CT molecular complexity index is 854. The lowest BCUT2D eigenvalue weighted by Crippen LogP contribution is -2.09. The Kier molecular flexibility index (Phi) is 3.07. The van der Waals surface area contributed by atoms with Crippen LogP contribution in [0.25, 0.3) is 16.8 Å². The third-order valence-corrected chi connectivity index (χ3v) is 5.00. The maximum atomic E-state index is 8.99. The van der Waals surface area contributed by atoms with Crippen LogP contribution < -0.4 is 0 Å². The molecule has 3 atom stereocenters. The predicted molar refractivity (Wildman–Crippen MR) is 82.1 cm³/mol. The van der Waals surface area contributed by atoms with Crippen molar-refractivity contribution >= 4 is 16.8 Å². The number of H-pyrrole nitrogens is 1. The van der Waals surface area contributed by atoms with Gasteiger partial charge in [-0.05, 0) is 30.7 Å². The molecular formula is C16H18N6. The van der Waals surface area contributed by atoms with Gasteiger partial charge in [-0.15, -0.1) is 10.2 Å². The zero-order chi connectivity index (χ0) is 15.1. The molecule has 0 bridgehead atoms. The van der Waals surface area contributed by atoms with Gasteiger partial charge in [0.05, 0.1) is 17.8 Å². The molecule has 0 aliphatic heterocycles. The van der Waals surface area contributed by atoms with E-state index in [2.05, 4.69) is 37.6 Å². The first kappa shape index (κ1) is 13.3. The molecule has 22 heavy (non-hydrogen) atoms. The van der Waals surface area contributed by atoms with E-state index >= 15 is 0 Å². The molecular weight excluding hydrogens is 276 g/mol. The summed E-state index contributed by atoms with van der Waals surface area (Å²) >= 11 is 0. The van der Waals surface area contributed by atoms with E-state index < -0.39 is 0 Å². The van der Waals surface area contributed by atoms with Gasteiger partial charge in [-0.25, -0.2) is 4.98 Å². The molecule has 1 aliphatic carbocycles. The summed E-state index contributed by atoms with van der Waals surface area (Å²) in [6.07, 6.45) is 7.56. The highest BCUT2D eigenvalue weighted by Gasteiger charge is 2.36. The van der Waals surface area contributed by atoms with Crippen LogP contribution in [0.3, 0.4) is 0 Å². The maximum absolute atomic E-state index is 8.99. The Labute approximate surface area is 128 Å². The minimum absolute atomic E-state index is 0.374. The number of hydrogen-bond donors (Lipinski definition) is 1. The second-order valence-electron chi connectivity index (χ2n) is 6.20. The fourth-order valence-electron chi connectivity index (χ4n) is 3.94. The first-order chi connectivity index (χ1) is 10.8. The van der Waals surface area contributed by atoms with Crippen molar-refractivity contribution in [2.24, 2.45) is 11.8 Å². The van der Waals surface area contributed by atoms with Crippen LogP contribution in [0.2, 0.25) is 0 Å². The molecule has 1 unspecified atom stereocenters. The lowest BCUT2D eigenvalue weighted by molar-refractivity contribution is 0.445. The van der Waals surface area contributed by atoms with Crippen LogP contribution in [0.5, 0.6) is 0 Å². The van der Waals surface area contributed by atoms with Crippen molar-refractivity contribution in [3.63, 3.8) is 0 Å². The Morgan fingerprint density at radius 1 is 1.41 bits per heavy atom. The van der Waals surface area contributed by atoms with Gasteiger partial charge in [0.1, 0.15) is 5.82 Å². The molecule has 6 nitrogen and oxygen atoms in total. The predicted octanol–water partition coefficient (Wildman–Crippen LogP) is 3.04. The van der Waals surface area contributed by atoms with Crippen molar-refractivity contribution in [2.75, 3.05) is 0 Å². The fourth-order valence-corrected chi connectivity index (χ4v) is 3.94. The minimum Gasteiger partial charge on any atom is -0.345 e. The maximum Gasteiger partial charge on any atom is 0.179 e. The second-order valence-corrected chi connectivity index (χ2v) is 6.20. The van der Waals surface area contributed by atoms with Crippen molar-refractivity contribution in [2.45, 2.75) is 38.5 Å². The molecule has 112 valence electrons. The van der Waals surface area contributed by atoms with Crippen LogP contribution in [0.1, 0.15) is 44.3 Å². The molecule has 3 aromatic rings. The summed E-state index contributed by atoms with van der Waals surface area (Å²) < 4.78 is 2.13. The zero-order valence-corrected chi connectivity index (χ0v) is 12.5. The molecule has 3 heterocycles. The molecule has 4 rings (SSSR count). The van der Waals surface area contributed by atoms with E-state index in [0.717, 1.165) is 41.9 Å². The molecule has 0 saturated heterocycles. The standard InChI is InChI=1S/C16H18N6/c1-2-11-7-10(3-5-17)8-12(11)16-21-20-14-9-19-15-13(22(14)16)4-6-18-15/h4,6,9-12,18H,2-3,7-8H2,1H3/t10?,11-,12+/m1/s1. The summed E-state index contributed by atoms with van der Waals surface area (Å²) in [5.74, 6) is 2.46. The molecule has 0 amide bonds. The zero-order valence-electron chi connectivity index (χ0n) is 12.5. The van der Waals surface area contributed by atoms with E-state index in [1.165, 1.54) is 0 Å². The summed E-state index contributed by atoms with van der Waals surface area (Å²) in [4.78, 5) is 7.51. The summed E-state index contributed by atoms with van der Waals surface area (Å²) in [7, 11) is 0. The second kappa shape index (κ2) is 5.09. The molecule has 0 radical (unpaired) electrons. The number of rotatable bonds is 3. The van der Waals surface area contributed by atoms with Crippen molar-refractivity contribution in [1.82, 2.24) is 24.6 Å². The molecule has 6 heteroatoms. The molecule has 0 aromatic carbocycles. The number of nitriles is 1. The van der Waals surface area contributed by atoms with Gasteiger partial charge in [0.15, 0.2) is 11.3 Å². The molecule has 1 fully saturated rings. The number of aromatic amines is 1. The van der Waals surface area contributed by atoms with Crippen molar-refractivity contribution < 1.29 is 0 Å². The van der Waals surface area contributed by atoms with E-state index in [0.29, 0.717) is 24.2 Å². The Hall–Kier alpha value is -2.42. The normalized spacial score (nSPS) is 25.0. The fraction of sp³-hybridized carbons (Fsp3) is 0.500. The van der Waals surface area contributed by atoms with Gasteiger partial charge in [0.25, 0.3) is 0 Å². The highest BCUT2D eigenvalue weighted by atomic mass is 15.3. The summed E-state index contributed by atoms with van der Waals surface area (Å²) in [5, 5.41) is 17.8. The van der Waals surface area contributed by atoms with Gasteiger partial charge in [0, 0.05) is 18.5 Å². The lowest BCUT2D eigenvalue weighted by Gasteiger charge is -2.16. The van der Waals surface area contributed by atoms with Crippen LogP contribution in [0, 0.1) is 23.2 Å². The number of aromatic nitrogens is 5. The van der Waals surface area contributed by atoms with Crippen molar-refractivity contribution in [3.05, 3.63) is 24.3 Å². The smallest absolute Gasteiger partial charge is 0.179 e. The highest BCUT2D eigenvalue weighted by Crippen LogP contribution is 2.45. The Morgan fingerprint density at radius 2 is 2.32 bits per heavy atom. The van der Waals surface area contributed by atoms with Gasteiger partial charge >= 0.3 is 0 Å². The average molecular weight is 294 g/mol. The van der Waals surface area contributed by atoms with E-state index in [1.54, 1.807) is 6.20 Å². The van der Waals surface area contributed by atoms with Crippen LogP contribution in [0.4, 0.5) is 0 Å². The molecule has 0 spiro atoms. The van der Waals surface area contributed by atoms with E-state index in [9.17, 15) is 0 Å². The van der Waals surface area contributed by atoms with E-state index in [-0.39, 0.29) is 0 Å². The Balaban J connectivity index is 1.83. The lowest BCUT2D eigenvalue weighted by atomic mass is 9.93. The number of nitrogens with one attached hydrogen (secondary N) is 1. The molecule has 1 saturated carbocycles. The average Bonchev–Trinajstić information content (AvgIpc) is 3.23. The van der Waals surface area contributed by atoms with Crippen LogP contribution in [0.15, 0.2) is 18.5 Å².